The number of thiocarbonyl (C=S) groups is 1. The Morgan fingerprint density at radius 3 is 2.12 bits per heavy atom. The van der Waals surface area contributed by atoms with Gasteiger partial charge in [0.2, 0.25) is 0 Å². The second-order valence-corrected chi connectivity index (χ2v) is 6.16. The van der Waals surface area contributed by atoms with Crippen molar-refractivity contribution in [3.63, 3.8) is 0 Å². The molecule has 2 aromatic rings. The van der Waals surface area contributed by atoms with Crippen LogP contribution in [-0.2, 0) is 0 Å². The summed E-state index contributed by atoms with van der Waals surface area (Å²) in [5.41, 5.74) is 1.26. The largest absolute Gasteiger partial charge is 0.423 e. The lowest BCUT2D eigenvalue weighted by atomic mass is 10.1. The number of carbonyl (C=O) groups is 1. The number of hydrogen-bond donors (Lipinski definition) is 0. The van der Waals surface area contributed by atoms with Gasteiger partial charge in [-0.3, -0.25) is 0 Å². The maximum Gasteiger partial charge on any atom is 0.343 e. The molecule has 0 N–H and O–H groups in total. The van der Waals surface area contributed by atoms with Crippen molar-refractivity contribution in [2.24, 2.45) is 0 Å². The fourth-order valence-electron chi connectivity index (χ4n) is 2.70. The highest BCUT2D eigenvalue weighted by Crippen LogP contribution is 2.18. The van der Waals surface area contributed by atoms with E-state index < -0.39 is 5.97 Å². The number of likely N-dealkylation sites (tertiary alicyclic amines) is 1. The third-order valence-electron chi connectivity index (χ3n) is 4.04. The predicted octanol–water partition coefficient (Wildman–Crippen LogP) is 4.21. The van der Waals surface area contributed by atoms with Gasteiger partial charge in [0.25, 0.3) is 0 Å². The molecule has 3 nitrogen and oxygen atoms in total. The van der Waals surface area contributed by atoms with E-state index in [2.05, 4.69) is 4.90 Å². The van der Waals surface area contributed by atoms with Gasteiger partial charge >= 0.3 is 5.97 Å². The number of carbonyl (C=O) groups excluding carboxylic acids is 1. The molecule has 2 aromatic carbocycles. The van der Waals surface area contributed by atoms with E-state index in [1.807, 2.05) is 12.1 Å². The number of nitrogens with zero attached hydrogens (tertiary/aromatic N) is 1. The Morgan fingerprint density at radius 2 is 1.50 bits per heavy atom. The number of hydrogen-bond acceptors (Lipinski definition) is 3. The number of benzene rings is 2. The first-order valence-corrected chi connectivity index (χ1v) is 8.41. The second kappa shape index (κ2) is 7.53. The topological polar surface area (TPSA) is 29.5 Å². The van der Waals surface area contributed by atoms with E-state index in [1.165, 1.54) is 43.5 Å². The van der Waals surface area contributed by atoms with Crippen LogP contribution in [0.3, 0.4) is 0 Å². The van der Waals surface area contributed by atoms with Crippen LogP contribution in [0.2, 0.25) is 0 Å². The van der Waals surface area contributed by atoms with E-state index in [-0.39, 0.29) is 5.82 Å². The van der Waals surface area contributed by atoms with Gasteiger partial charge in [-0.1, -0.05) is 12.2 Å². The number of rotatable bonds is 3. The maximum atomic E-state index is 12.9. The first-order chi connectivity index (χ1) is 11.6. The zero-order chi connectivity index (χ0) is 16.9. The zero-order valence-corrected chi connectivity index (χ0v) is 14.0. The molecule has 0 spiro atoms. The summed E-state index contributed by atoms with van der Waals surface area (Å²) in [6.07, 6.45) is 3.61. The average Bonchev–Trinajstić information content (AvgIpc) is 2.63. The maximum absolute atomic E-state index is 12.9. The van der Waals surface area contributed by atoms with E-state index >= 15 is 0 Å². The molecule has 1 fully saturated rings. The average molecular weight is 343 g/mol. The van der Waals surface area contributed by atoms with Crippen LogP contribution < -0.4 is 4.74 Å². The summed E-state index contributed by atoms with van der Waals surface area (Å²) >= 11 is 5.54. The summed E-state index contributed by atoms with van der Waals surface area (Å²) in [4.78, 5) is 15.1. The van der Waals surface area contributed by atoms with E-state index in [4.69, 9.17) is 17.0 Å². The Hall–Kier alpha value is -2.27. The Kier molecular flexibility index (Phi) is 5.20. The Balaban J connectivity index is 1.64. The normalized spacial score (nSPS) is 14.3. The minimum atomic E-state index is -0.513. The highest BCUT2D eigenvalue weighted by Gasteiger charge is 2.15. The Labute approximate surface area is 146 Å². The van der Waals surface area contributed by atoms with Crippen molar-refractivity contribution in [1.29, 1.82) is 0 Å². The SMILES string of the molecule is O=C(Oc1ccc(C(=S)N2CCCCC2)cc1)c1ccc(F)cc1. The lowest BCUT2D eigenvalue weighted by Gasteiger charge is -2.29. The van der Waals surface area contributed by atoms with E-state index in [0.29, 0.717) is 11.3 Å². The Bertz CT molecular complexity index is 722. The molecule has 0 aliphatic carbocycles. The number of piperidine rings is 1. The molecule has 1 aliphatic heterocycles. The summed E-state index contributed by atoms with van der Waals surface area (Å²) < 4.78 is 18.2. The van der Waals surface area contributed by atoms with Gasteiger partial charge < -0.3 is 9.64 Å². The lowest BCUT2D eigenvalue weighted by molar-refractivity contribution is 0.0734. The molecule has 0 amide bonds. The molecule has 0 bridgehead atoms. The summed E-state index contributed by atoms with van der Waals surface area (Å²) in [5, 5.41) is 0. The smallest absolute Gasteiger partial charge is 0.343 e. The quantitative estimate of drug-likeness (QED) is 0.474. The number of esters is 1. The molecule has 1 aliphatic rings. The molecule has 1 heterocycles. The highest BCUT2D eigenvalue weighted by molar-refractivity contribution is 7.80. The first kappa shape index (κ1) is 16.6. The van der Waals surface area contributed by atoms with Gasteiger partial charge in [-0.15, -0.1) is 0 Å². The van der Waals surface area contributed by atoms with Gasteiger partial charge in [0.1, 0.15) is 16.6 Å². The second-order valence-electron chi connectivity index (χ2n) is 5.77. The van der Waals surface area contributed by atoms with Crippen molar-refractivity contribution >= 4 is 23.2 Å². The fourth-order valence-corrected chi connectivity index (χ4v) is 3.02. The molecule has 0 unspecified atom stereocenters. The van der Waals surface area contributed by atoms with Crippen LogP contribution in [0.1, 0.15) is 35.2 Å². The molecule has 3 rings (SSSR count). The molecule has 124 valence electrons. The summed E-state index contributed by atoms with van der Waals surface area (Å²) in [6.45, 7) is 2.00. The predicted molar refractivity (Wildman–Crippen MR) is 94.9 cm³/mol. The van der Waals surface area contributed by atoms with Crippen molar-refractivity contribution in [3.8, 4) is 5.75 Å². The van der Waals surface area contributed by atoms with E-state index in [9.17, 15) is 9.18 Å². The van der Waals surface area contributed by atoms with E-state index in [1.54, 1.807) is 12.1 Å². The molecule has 0 aromatic heterocycles. The highest BCUT2D eigenvalue weighted by atomic mass is 32.1. The van der Waals surface area contributed by atoms with Crippen LogP contribution in [0, 0.1) is 5.82 Å². The van der Waals surface area contributed by atoms with Crippen molar-refractivity contribution < 1.29 is 13.9 Å². The molecule has 0 radical (unpaired) electrons. The van der Waals surface area contributed by atoms with Crippen LogP contribution in [0.4, 0.5) is 4.39 Å². The van der Waals surface area contributed by atoms with Gasteiger partial charge in [0.15, 0.2) is 0 Å². The number of halogens is 1. The molecule has 5 heteroatoms. The van der Waals surface area contributed by atoms with Crippen molar-refractivity contribution in [2.45, 2.75) is 19.3 Å². The van der Waals surface area contributed by atoms with E-state index in [0.717, 1.165) is 23.6 Å². The monoisotopic (exact) mass is 343 g/mol. The standard InChI is InChI=1S/C19H18FNO2S/c20-16-8-4-15(5-9-16)19(22)23-17-10-6-14(7-11-17)18(24)21-12-2-1-3-13-21/h4-11H,1-3,12-13H2. The number of ether oxygens (including phenoxy) is 1. The van der Waals surface area contributed by atoms with Gasteiger partial charge in [-0.25, -0.2) is 9.18 Å². The Morgan fingerprint density at radius 1 is 0.917 bits per heavy atom. The molecular weight excluding hydrogens is 325 g/mol. The summed E-state index contributed by atoms with van der Waals surface area (Å²) in [6, 6.07) is 12.5. The molecule has 0 saturated carbocycles. The minimum absolute atomic E-state index is 0.310. The minimum Gasteiger partial charge on any atom is -0.423 e. The third kappa shape index (κ3) is 3.97. The van der Waals surface area contributed by atoms with Crippen LogP contribution in [0.25, 0.3) is 0 Å². The van der Waals surface area contributed by atoms with Crippen LogP contribution in [0.5, 0.6) is 5.75 Å². The van der Waals surface area contributed by atoms with Gasteiger partial charge in [-0.2, -0.15) is 0 Å². The van der Waals surface area contributed by atoms with Crippen molar-refractivity contribution in [2.75, 3.05) is 13.1 Å². The van der Waals surface area contributed by atoms with Crippen LogP contribution in [0.15, 0.2) is 48.5 Å². The summed E-state index contributed by atoms with van der Waals surface area (Å²) in [5.74, 6) is -0.460. The van der Waals surface area contributed by atoms with Crippen molar-refractivity contribution in [3.05, 3.63) is 65.5 Å². The fraction of sp³-hybridized carbons (Fsp3) is 0.263. The lowest BCUT2D eigenvalue weighted by Crippen LogP contribution is -2.34. The third-order valence-corrected chi connectivity index (χ3v) is 4.53. The molecule has 24 heavy (non-hydrogen) atoms. The molecule has 0 atom stereocenters. The molecule has 1 saturated heterocycles. The molecular formula is C19H18FNO2S. The van der Waals surface area contributed by atoms with Gasteiger partial charge in [0, 0.05) is 18.7 Å². The van der Waals surface area contributed by atoms with Crippen LogP contribution in [-0.4, -0.2) is 28.9 Å². The zero-order valence-electron chi connectivity index (χ0n) is 13.2. The van der Waals surface area contributed by atoms with Crippen molar-refractivity contribution in [1.82, 2.24) is 4.90 Å². The first-order valence-electron chi connectivity index (χ1n) is 8.00. The van der Waals surface area contributed by atoms with Crippen LogP contribution >= 0.6 is 12.2 Å². The summed E-state index contributed by atoms with van der Waals surface area (Å²) in [7, 11) is 0. The van der Waals surface area contributed by atoms with Gasteiger partial charge in [-0.05, 0) is 67.8 Å². The van der Waals surface area contributed by atoms with Gasteiger partial charge in [0.05, 0.1) is 5.56 Å².